The monoisotopic (exact) mass is 275 g/mol. The lowest BCUT2D eigenvalue weighted by Crippen LogP contribution is -2.46. The van der Waals surface area contributed by atoms with E-state index in [4.69, 9.17) is 20.5 Å². The zero-order valence-electron chi connectivity index (χ0n) is 12.0. The first-order valence-electron chi connectivity index (χ1n) is 6.74. The summed E-state index contributed by atoms with van der Waals surface area (Å²) in [6.45, 7) is 2.07. The van der Waals surface area contributed by atoms with Crippen molar-refractivity contribution < 1.29 is 9.47 Å². The van der Waals surface area contributed by atoms with Gasteiger partial charge >= 0.3 is 0 Å². The van der Waals surface area contributed by atoms with Crippen molar-refractivity contribution in [3.8, 4) is 17.6 Å². The Bertz CT molecular complexity index is 498. The van der Waals surface area contributed by atoms with E-state index >= 15 is 0 Å². The van der Waals surface area contributed by atoms with Crippen LogP contribution in [0, 0.1) is 11.3 Å². The lowest BCUT2D eigenvalue weighted by atomic mass is 9.88. The summed E-state index contributed by atoms with van der Waals surface area (Å²) in [5.74, 6) is 1.79. The number of nitriles is 1. The molecule has 0 amide bonds. The molecule has 5 heteroatoms. The Labute approximate surface area is 119 Å². The van der Waals surface area contributed by atoms with E-state index in [2.05, 4.69) is 17.0 Å². The minimum absolute atomic E-state index is 0.107. The predicted molar refractivity (Wildman–Crippen MR) is 76.9 cm³/mol. The van der Waals surface area contributed by atoms with E-state index < -0.39 is 0 Å². The van der Waals surface area contributed by atoms with Crippen LogP contribution in [0.3, 0.4) is 0 Å². The summed E-state index contributed by atoms with van der Waals surface area (Å²) in [6.07, 6.45) is 0.928. The summed E-state index contributed by atoms with van der Waals surface area (Å²) in [5, 5.41) is 8.84. The van der Waals surface area contributed by atoms with Crippen LogP contribution in [0.15, 0.2) is 18.2 Å². The molecule has 0 spiro atoms. The van der Waals surface area contributed by atoms with Gasteiger partial charge in [-0.2, -0.15) is 5.26 Å². The highest BCUT2D eigenvalue weighted by molar-refractivity contribution is 5.44. The van der Waals surface area contributed by atoms with Crippen LogP contribution in [0.4, 0.5) is 0 Å². The first-order chi connectivity index (χ1) is 9.67. The first kappa shape index (κ1) is 14.6. The summed E-state index contributed by atoms with van der Waals surface area (Å²) in [4.78, 5) is 2.11. The van der Waals surface area contributed by atoms with Crippen LogP contribution < -0.4 is 15.2 Å². The van der Waals surface area contributed by atoms with Gasteiger partial charge in [0.05, 0.1) is 26.8 Å². The standard InChI is InChI=1S/C15H21N3O2/c1-19-14-4-3-11(8-15(14)20-2)12-7-13(17)10-18(9-12)6-5-16/h3-4,8,12-13H,6-7,9-10,17H2,1-2H3. The minimum atomic E-state index is 0.107. The second kappa shape index (κ2) is 6.60. The van der Waals surface area contributed by atoms with Crippen molar-refractivity contribution in [3.63, 3.8) is 0 Å². The quantitative estimate of drug-likeness (QED) is 0.840. The van der Waals surface area contributed by atoms with Gasteiger partial charge in [-0.3, -0.25) is 4.90 Å². The maximum Gasteiger partial charge on any atom is 0.160 e. The minimum Gasteiger partial charge on any atom is -0.493 e. The highest BCUT2D eigenvalue weighted by atomic mass is 16.5. The van der Waals surface area contributed by atoms with E-state index in [9.17, 15) is 0 Å². The van der Waals surface area contributed by atoms with E-state index in [1.807, 2.05) is 12.1 Å². The van der Waals surface area contributed by atoms with Gasteiger partial charge in [-0.1, -0.05) is 6.07 Å². The topological polar surface area (TPSA) is 71.5 Å². The van der Waals surface area contributed by atoms with Crippen LogP contribution >= 0.6 is 0 Å². The van der Waals surface area contributed by atoms with Crippen LogP contribution in [0.5, 0.6) is 11.5 Å². The van der Waals surface area contributed by atoms with Gasteiger partial charge in [-0.15, -0.1) is 0 Å². The van der Waals surface area contributed by atoms with Crippen molar-refractivity contribution in [3.05, 3.63) is 23.8 Å². The molecule has 0 radical (unpaired) electrons. The SMILES string of the molecule is COc1ccc(C2CC(N)CN(CC#N)C2)cc1OC. The fourth-order valence-corrected chi connectivity index (χ4v) is 2.81. The molecule has 1 aliphatic heterocycles. The Morgan fingerprint density at radius 3 is 2.70 bits per heavy atom. The van der Waals surface area contributed by atoms with E-state index in [0.29, 0.717) is 12.5 Å². The molecule has 108 valence electrons. The Hall–Kier alpha value is -1.77. The molecular weight excluding hydrogens is 254 g/mol. The Balaban J connectivity index is 2.19. The summed E-state index contributed by atoms with van der Waals surface area (Å²) < 4.78 is 10.6. The third-order valence-electron chi connectivity index (χ3n) is 3.73. The molecule has 1 aliphatic rings. The summed E-state index contributed by atoms with van der Waals surface area (Å²) in [5.41, 5.74) is 7.28. The number of piperidine rings is 1. The molecule has 0 bridgehead atoms. The van der Waals surface area contributed by atoms with Crippen molar-refractivity contribution in [2.45, 2.75) is 18.4 Å². The molecule has 0 aliphatic carbocycles. The van der Waals surface area contributed by atoms with Crippen LogP contribution in [-0.2, 0) is 0 Å². The molecule has 20 heavy (non-hydrogen) atoms. The lowest BCUT2D eigenvalue weighted by Gasteiger charge is -2.35. The van der Waals surface area contributed by atoms with Gasteiger partial charge in [0.15, 0.2) is 11.5 Å². The van der Waals surface area contributed by atoms with Crippen LogP contribution in [0.1, 0.15) is 17.9 Å². The average molecular weight is 275 g/mol. The Morgan fingerprint density at radius 1 is 1.30 bits per heavy atom. The molecule has 2 unspecified atom stereocenters. The zero-order valence-corrected chi connectivity index (χ0v) is 12.0. The third kappa shape index (κ3) is 3.21. The highest BCUT2D eigenvalue weighted by Gasteiger charge is 2.26. The van der Waals surface area contributed by atoms with Crippen LogP contribution in [0.2, 0.25) is 0 Å². The maximum absolute atomic E-state index is 8.84. The highest BCUT2D eigenvalue weighted by Crippen LogP contribution is 2.33. The smallest absolute Gasteiger partial charge is 0.160 e. The molecule has 0 saturated carbocycles. The number of methoxy groups -OCH3 is 2. The van der Waals surface area contributed by atoms with Crippen LogP contribution in [-0.4, -0.2) is 44.8 Å². The molecule has 2 rings (SSSR count). The number of benzene rings is 1. The molecule has 0 aromatic heterocycles. The summed E-state index contributed by atoms with van der Waals surface area (Å²) >= 11 is 0. The largest absolute Gasteiger partial charge is 0.493 e. The van der Waals surface area contributed by atoms with E-state index in [-0.39, 0.29) is 6.04 Å². The van der Waals surface area contributed by atoms with Crippen molar-refractivity contribution in [1.29, 1.82) is 5.26 Å². The number of hydrogen-bond acceptors (Lipinski definition) is 5. The van der Waals surface area contributed by atoms with Gasteiger partial charge in [0.2, 0.25) is 0 Å². The van der Waals surface area contributed by atoms with Crippen molar-refractivity contribution in [1.82, 2.24) is 4.90 Å². The van der Waals surface area contributed by atoms with Crippen molar-refractivity contribution in [2.24, 2.45) is 5.73 Å². The third-order valence-corrected chi connectivity index (χ3v) is 3.73. The van der Waals surface area contributed by atoms with E-state index in [0.717, 1.165) is 31.0 Å². The fraction of sp³-hybridized carbons (Fsp3) is 0.533. The van der Waals surface area contributed by atoms with Gasteiger partial charge in [-0.25, -0.2) is 0 Å². The molecule has 1 aromatic rings. The van der Waals surface area contributed by atoms with Gasteiger partial charge in [-0.05, 0) is 30.0 Å². The second-order valence-electron chi connectivity index (χ2n) is 5.16. The number of hydrogen-bond donors (Lipinski definition) is 1. The number of ether oxygens (including phenoxy) is 2. The Kier molecular flexibility index (Phi) is 4.83. The van der Waals surface area contributed by atoms with E-state index in [1.54, 1.807) is 14.2 Å². The molecule has 2 atom stereocenters. The maximum atomic E-state index is 8.84. The molecule has 2 N–H and O–H groups in total. The fourth-order valence-electron chi connectivity index (χ4n) is 2.81. The van der Waals surface area contributed by atoms with E-state index in [1.165, 1.54) is 5.56 Å². The van der Waals surface area contributed by atoms with Gasteiger partial charge in [0.25, 0.3) is 0 Å². The molecule has 1 heterocycles. The van der Waals surface area contributed by atoms with Gasteiger partial charge < -0.3 is 15.2 Å². The molecular formula is C15H21N3O2. The molecule has 1 aromatic carbocycles. The number of nitrogens with two attached hydrogens (primary N) is 1. The van der Waals surface area contributed by atoms with Crippen LogP contribution in [0.25, 0.3) is 0 Å². The molecule has 5 nitrogen and oxygen atoms in total. The number of rotatable bonds is 4. The van der Waals surface area contributed by atoms with Gasteiger partial charge in [0, 0.05) is 19.1 Å². The number of nitrogens with zero attached hydrogens (tertiary/aromatic N) is 2. The van der Waals surface area contributed by atoms with Crippen molar-refractivity contribution >= 4 is 0 Å². The zero-order chi connectivity index (χ0) is 14.5. The number of likely N-dealkylation sites (tertiary alicyclic amines) is 1. The molecule has 1 fully saturated rings. The summed E-state index contributed by atoms with van der Waals surface area (Å²) in [6, 6.07) is 8.28. The normalized spacial score (nSPS) is 23.1. The predicted octanol–water partition coefficient (Wildman–Crippen LogP) is 1.34. The van der Waals surface area contributed by atoms with Gasteiger partial charge in [0.1, 0.15) is 0 Å². The molecule has 1 saturated heterocycles. The average Bonchev–Trinajstić information content (AvgIpc) is 2.46. The van der Waals surface area contributed by atoms with Crippen molar-refractivity contribution in [2.75, 3.05) is 33.9 Å². The second-order valence-corrected chi connectivity index (χ2v) is 5.16. The first-order valence-corrected chi connectivity index (χ1v) is 6.74. The lowest BCUT2D eigenvalue weighted by molar-refractivity contribution is 0.208. The summed E-state index contributed by atoms with van der Waals surface area (Å²) in [7, 11) is 3.26. The Morgan fingerprint density at radius 2 is 2.05 bits per heavy atom.